The van der Waals surface area contributed by atoms with Gasteiger partial charge in [0.1, 0.15) is 12.1 Å². The first kappa shape index (κ1) is 21.6. The second kappa shape index (κ2) is 9.57. The quantitative estimate of drug-likeness (QED) is 0.627. The number of carbonyl (C=O) groups excluding carboxylic acids is 3. The normalized spacial score (nSPS) is 19.5. The lowest BCUT2D eigenvalue weighted by atomic mass is 9.93. The zero-order chi connectivity index (χ0) is 21.6. The molecule has 2 aromatic rings. The Morgan fingerprint density at radius 2 is 1.57 bits per heavy atom. The van der Waals surface area contributed by atoms with Crippen molar-refractivity contribution in [2.45, 2.75) is 51.1 Å². The molecular formula is C24H29N3O3. The van der Waals surface area contributed by atoms with Crippen molar-refractivity contribution in [1.82, 2.24) is 15.5 Å². The molecule has 2 aromatic carbocycles. The van der Waals surface area contributed by atoms with Crippen LogP contribution in [-0.4, -0.2) is 40.9 Å². The summed E-state index contributed by atoms with van der Waals surface area (Å²) in [5.74, 6) is -0.679. The van der Waals surface area contributed by atoms with Gasteiger partial charge in [-0.2, -0.15) is 0 Å². The average molecular weight is 408 g/mol. The highest BCUT2D eigenvalue weighted by atomic mass is 16.2. The molecule has 30 heavy (non-hydrogen) atoms. The van der Waals surface area contributed by atoms with E-state index in [0.29, 0.717) is 12.8 Å². The van der Waals surface area contributed by atoms with Crippen LogP contribution in [0.2, 0.25) is 0 Å². The Kier molecular flexibility index (Phi) is 6.87. The molecule has 6 nitrogen and oxygen atoms in total. The van der Waals surface area contributed by atoms with Gasteiger partial charge in [-0.3, -0.25) is 14.5 Å². The lowest BCUT2D eigenvalue weighted by molar-refractivity contribution is -0.134. The van der Waals surface area contributed by atoms with Crippen molar-refractivity contribution in [3.8, 4) is 0 Å². The number of hydrogen-bond donors (Lipinski definition) is 2. The van der Waals surface area contributed by atoms with Crippen molar-refractivity contribution >= 4 is 17.8 Å². The minimum atomic E-state index is -0.994. The maximum atomic E-state index is 12.9. The molecule has 1 aliphatic rings. The Hall–Kier alpha value is -3.15. The third-order valence-electron chi connectivity index (χ3n) is 5.52. The fourth-order valence-corrected chi connectivity index (χ4v) is 3.66. The first-order valence-electron chi connectivity index (χ1n) is 10.4. The van der Waals surface area contributed by atoms with Crippen molar-refractivity contribution in [2.24, 2.45) is 0 Å². The van der Waals surface area contributed by atoms with Crippen molar-refractivity contribution in [3.05, 3.63) is 71.8 Å². The van der Waals surface area contributed by atoms with Gasteiger partial charge in [-0.1, -0.05) is 60.7 Å². The van der Waals surface area contributed by atoms with Gasteiger partial charge in [0, 0.05) is 6.04 Å². The summed E-state index contributed by atoms with van der Waals surface area (Å²) in [5, 5.41) is 5.65. The summed E-state index contributed by atoms with van der Waals surface area (Å²) in [7, 11) is 0. The van der Waals surface area contributed by atoms with Gasteiger partial charge in [0.25, 0.3) is 5.91 Å². The summed E-state index contributed by atoms with van der Waals surface area (Å²) >= 11 is 0. The molecule has 0 bridgehead atoms. The van der Waals surface area contributed by atoms with Gasteiger partial charge in [-0.05, 0) is 50.7 Å². The molecule has 2 N–H and O–H groups in total. The third kappa shape index (κ3) is 5.47. The predicted octanol–water partition coefficient (Wildman–Crippen LogP) is 3.07. The van der Waals surface area contributed by atoms with Crippen LogP contribution in [0, 0.1) is 0 Å². The van der Waals surface area contributed by atoms with E-state index >= 15 is 0 Å². The van der Waals surface area contributed by atoms with E-state index in [1.165, 1.54) is 5.56 Å². The number of hydrogen-bond acceptors (Lipinski definition) is 3. The number of rotatable bonds is 9. The molecule has 0 aliphatic carbocycles. The van der Waals surface area contributed by atoms with Crippen LogP contribution < -0.4 is 10.6 Å². The number of benzene rings is 2. The lowest BCUT2D eigenvalue weighted by Crippen LogP contribution is -2.46. The molecule has 0 radical (unpaired) electrons. The summed E-state index contributed by atoms with van der Waals surface area (Å²) < 4.78 is 0. The maximum Gasteiger partial charge on any atom is 0.325 e. The Morgan fingerprint density at radius 1 is 1.00 bits per heavy atom. The van der Waals surface area contributed by atoms with Crippen LogP contribution >= 0.6 is 0 Å². The van der Waals surface area contributed by atoms with Crippen LogP contribution in [0.5, 0.6) is 0 Å². The molecule has 1 heterocycles. The maximum absolute atomic E-state index is 12.9. The smallest absolute Gasteiger partial charge is 0.325 e. The summed E-state index contributed by atoms with van der Waals surface area (Å²) in [6.07, 6.45) is 2.78. The lowest BCUT2D eigenvalue weighted by Gasteiger charge is -2.22. The minimum Gasteiger partial charge on any atom is -0.352 e. The molecule has 0 spiro atoms. The van der Waals surface area contributed by atoms with E-state index in [2.05, 4.69) is 22.8 Å². The number of amides is 4. The molecule has 1 fully saturated rings. The van der Waals surface area contributed by atoms with Crippen LogP contribution in [-0.2, 0) is 22.4 Å². The van der Waals surface area contributed by atoms with E-state index in [1.54, 1.807) is 6.92 Å². The van der Waals surface area contributed by atoms with Crippen LogP contribution in [0.3, 0.4) is 0 Å². The van der Waals surface area contributed by atoms with Gasteiger partial charge in [0.05, 0.1) is 0 Å². The second-order valence-corrected chi connectivity index (χ2v) is 8.13. The standard InChI is InChI=1S/C24H29N3O3/c1-18(13-14-19-9-5-3-6-10-19)25-21(28)17-27-22(29)24(2,26-23(27)30)16-15-20-11-7-4-8-12-20/h3-12,18H,13-17H2,1-2H3,(H,25,28)(H,26,30)/t18-,24-/m1/s1. The van der Waals surface area contributed by atoms with Crippen LogP contribution in [0.1, 0.15) is 37.8 Å². The highest BCUT2D eigenvalue weighted by Gasteiger charge is 2.47. The van der Waals surface area contributed by atoms with E-state index in [-0.39, 0.29) is 24.4 Å². The van der Waals surface area contributed by atoms with E-state index in [9.17, 15) is 14.4 Å². The fraction of sp³-hybridized carbons (Fsp3) is 0.375. The molecule has 6 heteroatoms. The molecular weight excluding hydrogens is 378 g/mol. The summed E-state index contributed by atoms with van der Waals surface area (Å²) in [6.45, 7) is 3.38. The van der Waals surface area contributed by atoms with Crippen LogP contribution in [0.25, 0.3) is 0 Å². The van der Waals surface area contributed by atoms with E-state index in [1.807, 2.05) is 55.5 Å². The van der Waals surface area contributed by atoms with Gasteiger partial charge >= 0.3 is 6.03 Å². The van der Waals surface area contributed by atoms with E-state index in [0.717, 1.165) is 23.3 Å². The fourth-order valence-electron chi connectivity index (χ4n) is 3.66. The average Bonchev–Trinajstić information content (AvgIpc) is 2.95. The van der Waals surface area contributed by atoms with Crippen molar-refractivity contribution < 1.29 is 14.4 Å². The van der Waals surface area contributed by atoms with Crippen LogP contribution in [0.15, 0.2) is 60.7 Å². The van der Waals surface area contributed by atoms with Crippen molar-refractivity contribution in [1.29, 1.82) is 0 Å². The first-order valence-corrected chi connectivity index (χ1v) is 10.4. The first-order chi connectivity index (χ1) is 14.4. The molecule has 2 atom stereocenters. The summed E-state index contributed by atoms with van der Waals surface area (Å²) in [6, 6.07) is 19.3. The highest BCUT2D eigenvalue weighted by Crippen LogP contribution is 2.23. The number of imide groups is 1. The Bertz CT molecular complexity index is 885. The topological polar surface area (TPSA) is 78.5 Å². The van der Waals surface area contributed by atoms with Gasteiger partial charge < -0.3 is 10.6 Å². The predicted molar refractivity (Wildman–Crippen MR) is 116 cm³/mol. The minimum absolute atomic E-state index is 0.0528. The number of nitrogens with zero attached hydrogens (tertiary/aromatic N) is 1. The van der Waals surface area contributed by atoms with Gasteiger partial charge in [-0.25, -0.2) is 4.79 Å². The molecule has 3 rings (SSSR count). The van der Waals surface area contributed by atoms with Crippen molar-refractivity contribution in [2.75, 3.05) is 6.54 Å². The van der Waals surface area contributed by atoms with E-state index < -0.39 is 11.6 Å². The van der Waals surface area contributed by atoms with Gasteiger partial charge in [0.2, 0.25) is 5.91 Å². The Labute approximate surface area is 177 Å². The molecule has 0 unspecified atom stereocenters. The summed E-state index contributed by atoms with van der Waals surface area (Å²) in [4.78, 5) is 38.6. The summed E-state index contributed by atoms with van der Waals surface area (Å²) in [5.41, 5.74) is 1.32. The molecule has 1 aliphatic heterocycles. The molecule has 158 valence electrons. The van der Waals surface area contributed by atoms with Gasteiger partial charge in [0.15, 0.2) is 0 Å². The monoisotopic (exact) mass is 407 g/mol. The van der Waals surface area contributed by atoms with E-state index in [4.69, 9.17) is 0 Å². The number of nitrogens with one attached hydrogen (secondary N) is 2. The second-order valence-electron chi connectivity index (χ2n) is 8.13. The van der Waals surface area contributed by atoms with Crippen LogP contribution in [0.4, 0.5) is 4.79 Å². The Balaban J connectivity index is 1.49. The molecule has 1 saturated heterocycles. The third-order valence-corrected chi connectivity index (χ3v) is 5.52. The SMILES string of the molecule is C[C@H](CCc1ccccc1)NC(=O)CN1C(=O)N[C@](C)(CCc2ccccc2)C1=O. The zero-order valence-corrected chi connectivity index (χ0v) is 17.6. The Morgan fingerprint density at radius 3 is 2.17 bits per heavy atom. The molecule has 0 aromatic heterocycles. The highest BCUT2D eigenvalue weighted by molar-refractivity contribution is 6.08. The molecule has 0 saturated carbocycles. The molecule has 4 amide bonds. The number of aryl methyl sites for hydroxylation is 2. The van der Waals surface area contributed by atoms with Crippen molar-refractivity contribution in [3.63, 3.8) is 0 Å². The zero-order valence-electron chi connectivity index (χ0n) is 17.6. The number of carbonyl (C=O) groups is 3. The van der Waals surface area contributed by atoms with Gasteiger partial charge in [-0.15, -0.1) is 0 Å². The number of urea groups is 1. The largest absolute Gasteiger partial charge is 0.352 e.